The minimum Gasteiger partial charge on any atom is -0.489 e. The van der Waals surface area contributed by atoms with Crippen LogP contribution >= 0.6 is 11.8 Å². The van der Waals surface area contributed by atoms with Crippen LogP contribution in [0.4, 0.5) is 5.69 Å². The van der Waals surface area contributed by atoms with Crippen molar-refractivity contribution in [3.63, 3.8) is 0 Å². The molecule has 1 fully saturated rings. The number of benzene rings is 1. The van der Waals surface area contributed by atoms with Gasteiger partial charge in [-0.1, -0.05) is 23.9 Å². The number of thioether (sulfide) groups is 1. The number of hydrogen-bond donors (Lipinski definition) is 1. The Balaban J connectivity index is 1.46. The van der Waals surface area contributed by atoms with Gasteiger partial charge < -0.3 is 14.8 Å². The predicted molar refractivity (Wildman–Crippen MR) is 120 cm³/mol. The summed E-state index contributed by atoms with van der Waals surface area (Å²) < 4.78 is 13.4. The third-order valence-electron chi connectivity index (χ3n) is 5.41. The number of amides is 1. The Labute approximate surface area is 185 Å². The van der Waals surface area contributed by atoms with Crippen LogP contribution in [0.5, 0.6) is 5.75 Å². The van der Waals surface area contributed by atoms with E-state index in [0.717, 1.165) is 42.8 Å². The number of rotatable bonds is 7. The van der Waals surface area contributed by atoms with Crippen molar-refractivity contribution in [1.82, 2.24) is 19.6 Å². The topological polar surface area (TPSA) is 90.6 Å². The van der Waals surface area contributed by atoms with E-state index in [0.29, 0.717) is 29.0 Å². The van der Waals surface area contributed by atoms with Crippen molar-refractivity contribution in [2.24, 2.45) is 0 Å². The smallest absolute Gasteiger partial charge is 0.253 e. The van der Waals surface area contributed by atoms with Crippen molar-refractivity contribution in [2.45, 2.75) is 50.8 Å². The van der Waals surface area contributed by atoms with Crippen LogP contribution in [-0.4, -0.2) is 51.1 Å². The lowest BCUT2D eigenvalue weighted by Crippen LogP contribution is -2.26. The van der Waals surface area contributed by atoms with Gasteiger partial charge in [0.1, 0.15) is 12.4 Å². The maximum Gasteiger partial charge on any atom is 0.253 e. The summed E-state index contributed by atoms with van der Waals surface area (Å²) in [4.78, 5) is 21.8. The number of aryl methyl sites for hydroxylation is 2. The van der Waals surface area contributed by atoms with Gasteiger partial charge in [-0.25, -0.2) is 9.50 Å². The fourth-order valence-corrected chi connectivity index (χ4v) is 4.04. The van der Waals surface area contributed by atoms with Gasteiger partial charge in [0.05, 0.1) is 18.2 Å². The van der Waals surface area contributed by atoms with E-state index in [1.165, 1.54) is 11.8 Å². The molecule has 164 valence electrons. The minimum atomic E-state index is -0.137. The fraction of sp³-hybridized carbons (Fsp3) is 0.455. The van der Waals surface area contributed by atoms with Crippen LogP contribution in [0.25, 0.3) is 5.78 Å². The van der Waals surface area contributed by atoms with Gasteiger partial charge in [0, 0.05) is 23.6 Å². The molecule has 31 heavy (non-hydrogen) atoms. The number of hydrogen-bond acceptors (Lipinski definition) is 7. The van der Waals surface area contributed by atoms with Gasteiger partial charge in [-0.15, -0.1) is 5.10 Å². The second kappa shape index (κ2) is 9.65. The Hall–Kier alpha value is -2.65. The van der Waals surface area contributed by atoms with Crippen molar-refractivity contribution in [3.8, 4) is 5.75 Å². The zero-order valence-corrected chi connectivity index (χ0v) is 18.9. The lowest BCUT2D eigenvalue weighted by Gasteiger charge is -2.23. The molecular weight excluding hydrogens is 414 g/mol. The molecule has 0 saturated carbocycles. The normalized spacial score (nSPS) is 16.4. The Morgan fingerprint density at radius 2 is 2.13 bits per heavy atom. The largest absolute Gasteiger partial charge is 0.489 e. The number of anilines is 1. The van der Waals surface area contributed by atoms with Crippen molar-refractivity contribution in [2.75, 3.05) is 24.8 Å². The standard InChI is InChI=1S/C22H27N5O3S/c1-14-17(15(2)27-21(23-14)25-22(26-27)31-3)12-20(28)24-18-9-4-5-10-19(18)30-13-16-8-6-7-11-29-16/h4-5,9-10,16H,6-8,11-13H2,1-3H3,(H,24,28). The number of fused-ring (bicyclic) bond motifs is 1. The monoisotopic (exact) mass is 441 g/mol. The van der Waals surface area contributed by atoms with Gasteiger partial charge in [0.2, 0.25) is 11.1 Å². The summed E-state index contributed by atoms with van der Waals surface area (Å²) >= 11 is 1.46. The summed E-state index contributed by atoms with van der Waals surface area (Å²) in [6, 6.07) is 7.48. The van der Waals surface area contributed by atoms with E-state index in [1.54, 1.807) is 4.52 Å². The predicted octanol–water partition coefficient (Wildman–Crippen LogP) is 3.59. The van der Waals surface area contributed by atoms with Crippen LogP contribution in [0.15, 0.2) is 29.4 Å². The van der Waals surface area contributed by atoms with E-state index in [9.17, 15) is 4.79 Å². The first-order valence-corrected chi connectivity index (χ1v) is 11.7. The van der Waals surface area contributed by atoms with E-state index in [2.05, 4.69) is 20.4 Å². The van der Waals surface area contributed by atoms with Gasteiger partial charge in [0.25, 0.3) is 5.78 Å². The molecule has 1 N–H and O–H groups in total. The van der Waals surface area contributed by atoms with E-state index in [1.807, 2.05) is 44.4 Å². The average Bonchev–Trinajstić information content (AvgIpc) is 3.20. The van der Waals surface area contributed by atoms with Crippen molar-refractivity contribution < 1.29 is 14.3 Å². The van der Waals surface area contributed by atoms with Crippen LogP contribution in [0.3, 0.4) is 0 Å². The first kappa shape index (κ1) is 21.6. The van der Waals surface area contributed by atoms with Gasteiger partial charge in [-0.05, 0) is 51.5 Å². The highest BCUT2D eigenvalue weighted by Gasteiger charge is 2.18. The molecule has 1 aliphatic heterocycles. The summed E-state index contributed by atoms with van der Waals surface area (Å²) in [6.07, 6.45) is 5.49. The summed E-state index contributed by atoms with van der Waals surface area (Å²) in [5.41, 5.74) is 3.14. The quantitative estimate of drug-likeness (QED) is 0.560. The molecular formula is C22H27N5O3S. The third-order valence-corrected chi connectivity index (χ3v) is 5.95. The van der Waals surface area contributed by atoms with Gasteiger partial charge in [0.15, 0.2) is 0 Å². The van der Waals surface area contributed by atoms with Crippen molar-refractivity contribution in [1.29, 1.82) is 0 Å². The Bertz CT molecular complexity index is 1080. The lowest BCUT2D eigenvalue weighted by molar-refractivity contribution is -0.115. The molecule has 0 radical (unpaired) electrons. The van der Waals surface area contributed by atoms with E-state index in [-0.39, 0.29) is 18.4 Å². The number of carbonyl (C=O) groups excluding carboxylic acids is 1. The molecule has 0 bridgehead atoms. The molecule has 8 nitrogen and oxygen atoms in total. The second-order valence-corrected chi connectivity index (χ2v) is 8.37. The maximum absolute atomic E-state index is 12.9. The first-order chi connectivity index (χ1) is 15.0. The van der Waals surface area contributed by atoms with Crippen LogP contribution < -0.4 is 10.1 Å². The van der Waals surface area contributed by atoms with E-state index < -0.39 is 0 Å². The molecule has 1 atom stereocenters. The average molecular weight is 442 g/mol. The molecule has 9 heteroatoms. The van der Waals surface area contributed by atoms with Crippen LogP contribution in [0.1, 0.15) is 36.2 Å². The maximum atomic E-state index is 12.9. The Kier molecular flexibility index (Phi) is 6.72. The van der Waals surface area contributed by atoms with Crippen molar-refractivity contribution in [3.05, 3.63) is 41.2 Å². The minimum absolute atomic E-state index is 0.106. The number of ether oxygens (including phenoxy) is 2. The number of nitrogens with one attached hydrogen (secondary N) is 1. The van der Waals surface area contributed by atoms with Crippen molar-refractivity contribution >= 4 is 29.1 Å². The molecule has 2 aromatic heterocycles. The van der Waals surface area contributed by atoms with Gasteiger partial charge in [-0.2, -0.15) is 4.98 Å². The Morgan fingerprint density at radius 1 is 1.29 bits per heavy atom. The highest BCUT2D eigenvalue weighted by Crippen LogP contribution is 2.26. The molecule has 1 saturated heterocycles. The third kappa shape index (κ3) is 4.99. The molecule has 0 aliphatic carbocycles. The number of carbonyl (C=O) groups is 1. The molecule has 3 aromatic rings. The van der Waals surface area contributed by atoms with Gasteiger partial charge >= 0.3 is 0 Å². The second-order valence-electron chi connectivity index (χ2n) is 7.59. The van der Waals surface area contributed by atoms with E-state index in [4.69, 9.17) is 9.47 Å². The lowest BCUT2D eigenvalue weighted by atomic mass is 10.1. The molecule has 1 unspecified atom stereocenters. The fourth-order valence-electron chi connectivity index (χ4n) is 3.70. The molecule has 1 aliphatic rings. The molecule has 1 aromatic carbocycles. The number of para-hydroxylation sites is 2. The molecule has 4 rings (SSSR count). The number of nitrogens with zero attached hydrogens (tertiary/aromatic N) is 4. The highest BCUT2D eigenvalue weighted by atomic mass is 32.2. The summed E-state index contributed by atoms with van der Waals surface area (Å²) in [7, 11) is 0. The van der Waals surface area contributed by atoms with Gasteiger partial charge in [-0.3, -0.25) is 4.79 Å². The Morgan fingerprint density at radius 3 is 2.90 bits per heavy atom. The number of aromatic nitrogens is 4. The SMILES string of the molecule is CSc1nc2nc(C)c(CC(=O)Nc3ccccc3OCC3CCCCO3)c(C)n2n1. The van der Waals surface area contributed by atoms with Crippen LogP contribution in [0.2, 0.25) is 0 Å². The molecule has 3 heterocycles. The summed E-state index contributed by atoms with van der Waals surface area (Å²) in [6.45, 7) is 5.10. The zero-order valence-electron chi connectivity index (χ0n) is 18.1. The van der Waals surface area contributed by atoms with E-state index >= 15 is 0 Å². The first-order valence-electron chi connectivity index (χ1n) is 10.4. The zero-order chi connectivity index (χ0) is 21.8. The molecule has 0 spiro atoms. The van der Waals surface area contributed by atoms with Crippen LogP contribution in [0, 0.1) is 13.8 Å². The summed E-state index contributed by atoms with van der Waals surface area (Å²) in [5, 5.41) is 8.09. The summed E-state index contributed by atoms with van der Waals surface area (Å²) in [5.74, 6) is 1.06. The highest BCUT2D eigenvalue weighted by molar-refractivity contribution is 7.98. The van der Waals surface area contributed by atoms with Crippen LogP contribution in [-0.2, 0) is 16.0 Å². The molecule has 1 amide bonds.